The first kappa shape index (κ1) is 8.59. The van der Waals surface area contributed by atoms with Crippen LogP contribution < -0.4 is 0 Å². The predicted molar refractivity (Wildman–Crippen MR) is 45.9 cm³/mol. The average molecular weight is 151 g/mol. The molecule has 0 spiro atoms. The normalized spacial score (nSPS) is 31.8. The maximum absolute atomic E-state index is 8.70. The molecule has 62 valence electrons. The van der Waals surface area contributed by atoms with Crippen LogP contribution in [0.25, 0.3) is 0 Å². The molecule has 0 bridgehead atoms. The van der Waals surface area contributed by atoms with Crippen molar-refractivity contribution in [3.05, 3.63) is 0 Å². The van der Waals surface area contributed by atoms with Crippen molar-refractivity contribution < 1.29 is 0 Å². The van der Waals surface area contributed by atoms with Gasteiger partial charge in [-0.3, -0.25) is 0 Å². The first-order valence-corrected chi connectivity index (χ1v) is 4.43. The second-order valence-corrected chi connectivity index (χ2v) is 4.70. The second-order valence-electron chi connectivity index (χ2n) is 4.70. The summed E-state index contributed by atoms with van der Waals surface area (Å²) in [6, 6.07) is 2.37. The van der Waals surface area contributed by atoms with E-state index >= 15 is 0 Å². The number of hydrogen-bond acceptors (Lipinski definition) is 1. The quantitative estimate of drug-likeness (QED) is 0.522. The fourth-order valence-corrected chi connectivity index (χ4v) is 1.89. The molecule has 0 aliphatic heterocycles. The number of hydrogen-bond donors (Lipinski definition) is 0. The van der Waals surface area contributed by atoms with Crippen LogP contribution in [0.4, 0.5) is 0 Å². The van der Waals surface area contributed by atoms with E-state index in [-0.39, 0.29) is 0 Å². The van der Waals surface area contributed by atoms with Crippen LogP contribution in [0.15, 0.2) is 0 Å². The Bertz CT molecular complexity index is 170. The summed E-state index contributed by atoms with van der Waals surface area (Å²) >= 11 is 0. The molecule has 1 aliphatic rings. The first-order valence-electron chi connectivity index (χ1n) is 4.43. The van der Waals surface area contributed by atoms with Crippen molar-refractivity contribution in [2.24, 2.45) is 17.3 Å². The highest BCUT2D eigenvalue weighted by atomic mass is 14.4. The van der Waals surface area contributed by atoms with Gasteiger partial charge in [0, 0.05) is 5.92 Å². The van der Waals surface area contributed by atoms with Gasteiger partial charge in [0.2, 0.25) is 0 Å². The lowest BCUT2D eigenvalue weighted by Gasteiger charge is -2.26. The van der Waals surface area contributed by atoms with Gasteiger partial charge < -0.3 is 0 Å². The van der Waals surface area contributed by atoms with E-state index in [9.17, 15) is 0 Å². The first-order chi connectivity index (χ1) is 5.04. The van der Waals surface area contributed by atoms with E-state index in [0.717, 1.165) is 18.8 Å². The standard InChI is InChI=1S/C10H17N/c1-10(2,3)9-5-4-8(6-9)7-11/h8-9H,4-6H2,1-3H3. The highest BCUT2D eigenvalue weighted by molar-refractivity contribution is 4.93. The molecule has 1 saturated carbocycles. The summed E-state index contributed by atoms with van der Waals surface area (Å²) in [4.78, 5) is 0. The molecule has 2 unspecified atom stereocenters. The lowest BCUT2D eigenvalue weighted by molar-refractivity contribution is 0.243. The zero-order chi connectivity index (χ0) is 8.48. The van der Waals surface area contributed by atoms with Gasteiger partial charge in [0.25, 0.3) is 0 Å². The molecule has 0 heterocycles. The summed E-state index contributed by atoms with van der Waals surface area (Å²) in [7, 11) is 0. The van der Waals surface area contributed by atoms with E-state index in [1.54, 1.807) is 0 Å². The summed E-state index contributed by atoms with van der Waals surface area (Å²) in [6.07, 6.45) is 3.50. The van der Waals surface area contributed by atoms with Crippen LogP contribution in [0.5, 0.6) is 0 Å². The van der Waals surface area contributed by atoms with Gasteiger partial charge >= 0.3 is 0 Å². The van der Waals surface area contributed by atoms with Crippen molar-refractivity contribution in [3.63, 3.8) is 0 Å². The van der Waals surface area contributed by atoms with Gasteiger partial charge in [0.05, 0.1) is 6.07 Å². The van der Waals surface area contributed by atoms with Gasteiger partial charge in [-0.25, -0.2) is 0 Å². The molecule has 1 nitrogen and oxygen atoms in total. The third-order valence-electron chi connectivity index (χ3n) is 2.84. The second kappa shape index (κ2) is 2.85. The molecule has 1 fully saturated rings. The van der Waals surface area contributed by atoms with Crippen LogP contribution in [0.2, 0.25) is 0 Å². The fourth-order valence-electron chi connectivity index (χ4n) is 1.89. The molecule has 11 heavy (non-hydrogen) atoms. The minimum Gasteiger partial charge on any atom is -0.198 e. The molecule has 1 heteroatoms. The van der Waals surface area contributed by atoms with Crippen molar-refractivity contribution in [2.45, 2.75) is 40.0 Å². The molecule has 0 amide bonds. The number of nitrogens with zero attached hydrogens (tertiary/aromatic N) is 1. The van der Waals surface area contributed by atoms with Gasteiger partial charge in [-0.1, -0.05) is 20.8 Å². The summed E-state index contributed by atoms with van der Waals surface area (Å²) in [5, 5.41) is 8.70. The molecule has 1 aliphatic carbocycles. The van der Waals surface area contributed by atoms with E-state index in [1.165, 1.54) is 6.42 Å². The molecular formula is C10H17N. The Hall–Kier alpha value is -0.510. The predicted octanol–water partition coefficient (Wildman–Crippen LogP) is 2.97. The monoisotopic (exact) mass is 151 g/mol. The Morgan fingerprint density at radius 3 is 2.18 bits per heavy atom. The summed E-state index contributed by atoms with van der Waals surface area (Å²) in [6.45, 7) is 6.83. The molecule has 0 aromatic heterocycles. The van der Waals surface area contributed by atoms with Crippen molar-refractivity contribution in [2.75, 3.05) is 0 Å². The van der Waals surface area contributed by atoms with E-state index in [1.807, 2.05) is 0 Å². The third-order valence-corrected chi connectivity index (χ3v) is 2.84. The van der Waals surface area contributed by atoms with E-state index < -0.39 is 0 Å². The SMILES string of the molecule is CC(C)(C)C1CCC(C#N)C1. The average Bonchev–Trinajstić information content (AvgIpc) is 2.32. The molecule has 1 rings (SSSR count). The topological polar surface area (TPSA) is 23.8 Å². The molecule has 0 saturated heterocycles. The van der Waals surface area contributed by atoms with Crippen LogP contribution in [0.3, 0.4) is 0 Å². The fraction of sp³-hybridized carbons (Fsp3) is 0.900. The zero-order valence-corrected chi connectivity index (χ0v) is 7.72. The lowest BCUT2D eigenvalue weighted by atomic mass is 9.79. The molecule has 0 aromatic carbocycles. The third kappa shape index (κ3) is 1.96. The largest absolute Gasteiger partial charge is 0.198 e. The molecule has 0 radical (unpaired) electrons. The van der Waals surface area contributed by atoms with E-state index in [4.69, 9.17) is 5.26 Å². The van der Waals surface area contributed by atoms with Crippen LogP contribution in [-0.2, 0) is 0 Å². The number of rotatable bonds is 0. The highest BCUT2D eigenvalue weighted by Gasteiger charge is 2.32. The Morgan fingerprint density at radius 1 is 1.27 bits per heavy atom. The molecular weight excluding hydrogens is 134 g/mol. The van der Waals surface area contributed by atoms with Gasteiger partial charge in [-0.05, 0) is 30.6 Å². The van der Waals surface area contributed by atoms with Gasteiger partial charge in [0.15, 0.2) is 0 Å². The van der Waals surface area contributed by atoms with Crippen LogP contribution in [0.1, 0.15) is 40.0 Å². The molecule has 0 N–H and O–H groups in total. The Morgan fingerprint density at radius 2 is 1.91 bits per heavy atom. The molecule has 2 atom stereocenters. The Labute approximate surface area is 69.4 Å². The summed E-state index contributed by atoms with van der Waals surface area (Å²) in [5.74, 6) is 1.12. The summed E-state index contributed by atoms with van der Waals surface area (Å²) in [5.41, 5.74) is 0.408. The van der Waals surface area contributed by atoms with E-state index in [2.05, 4.69) is 26.8 Å². The van der Waals surface area contributed by atoms with Crippen molar-refractivity contribution in [3.8, 4) is 6.07 Å². The van der Waals surface area contributed by atoms with Crippen molar-refractivity contribution in [1.29, 1.82) is 5.26 Å². The van der Waals surface area contributed by atoms with Gasteiger partial charge in [-0.2, -0.15) is 5.26 Å². The van der Waals surface area contributed by atoms with Crippen LogP contribution in [0, 0.1) is 28.6 Å². The summed E-state index contributed by atoms with van der Waals surface area (Å²) < 4.78 is 0. The Kier molecular flexibility index (Phi) is 2.23. The van der Waals surface area contributed by atoms with Crippen molar-refractivity contribution >= 4 is 0 Å². The number of nitriles is 1. The molecule has 0 aromatic rings. The van der Waals surface area contributed by atoms with Gasteiger partial charge in [-0.15, -0.1) is 0 Å². The Balaban J connectivity index is 2.50. The van der Waals surface area contributed by atoms with Crippen molar-refractivity contribution in [1.82, 2.24) is 0 Å². The highest BCUT2D eigenvalue weighted by Crippen LogP contribution is 2.41. The minimum absolute atomic E-state index is 0.347. The van der Waals surface area contributed by atoms with Crippen LogP contribution >= 0.6 is 0 Å². The van der Waals surface area contributed by atoms with Gasteiger partial charge in [0.1, 0.15) is 0 Å². The smallest absolute Gasteiger partial charge is 0.0655 e. The lowest BCUT2D eigenvalue weighted by Crippen LogP contribution is -2.17. The zero-order valence-electron chi connectivity index (χ0n) is 7.72. The van der Waals surface area contributed by atoms with Crippen LogP contribution in [-0.4, -0.2) is 0 Å². The maximum atomic E-state index is 8.70. The maximum Gasteiger partial charge on any atom is 0.0655 e. The van der Waals surface area contributed by atoms with E-state index in [0.29, 0.717) is 11.3 Å². The minimum atomic E-state index is 0.347.